The number of fused-ring (bicyclic) bond motifs is 1. The quantitative estimate of drug-likeness (QED) is 0.828. The second kappa shape index (κ2) is 6.95. The maximum absolute atomic E-state index is 3.61. The van der Waals surface area contributed by atoms with Crippen LogP contribution < -0.4 is 5.32 Å². The van der Waals surface area contributed by atoms with E-state index < -0.39 is 0 Å². The molecule has 0 saturated carbocycles. The Bertz CT molecular complexity index is 587. The minimum atomic E-state index is 0.675. The lowest BCUT2D eigenvalue weighted by Gasteiger charge is -2.25. The van der Waals surface area contributed by atoms with Crippen LogP contribution in [0.15, 0.2) is 28.9 Å². The van der Waals surface area contributed by atoms with Gasteiger partial charge in [0.2, 0.25) is 0 Å². The maximum atomic E-state index is 3.61. The highest BCUT2D eigenvalue weighted by molar-refractivity contribution is 9.10. The van der Waals surface area contributed by atoms with E-state index in [0.29, 0.717) is 6.04 Å². The number of nitrogens with zero attached hydrogens (tertiary/aromatic N) is 1. The van der Waals surface area contributed by atoms with E-state index >= 15 is 0 Å². The van der Waals surface area contributed by atoms with Crippen LogP contribution in [0.4, 0.5) is 0 Å². The molecule has 0 bridgehead atoms. The van der Waals surface area contributed by atoms with Crippen LogP contribution in [0.5, 0.6) is 0 Å². The average Bonchev–Trinajstić information content (AvgIpc) is 3.10. The van der Waals surface area contributed by atoms with Crippen molar-refractivity contribution < 1.29 is 0 Å². The summed E-state index contributed by atoms with van der Waals surface area (Å²) in [6, 6.07) is 7.13. The van der Waals surface area contributed by atoms with Gasteiger partial charge in [0.15, 0.2) is 0 Å². The van der Waals surface area contributed by atoms with Gasteiger partial charge in [0.05, 0.1) is 0 Å². The van der Waals surface area contributed by atoms with Crippen molar-refractivity contribution in [3.63, 3.8) is 0 Å². The Balaban J connectivity index is 1.75. The van der Waals surface area contributed by atoms with Gasteiger partial charge in [-0.15, -0.1) is 0 Å². The van der Waals surface area contributed by atoms with E-state index in [1.54, 1.807) is 0 Å². The molecular formula is C17H24BrN3. The number of H-pyrrole nitrogens is 1. The van der Waals surface area contributed by atoms with Gasteiger partial charge in [0.25, 0.3) is 0 Å². The summed E-state index contributed by atoms with van der Waals surface area (Å²) < 4.78 is 1.15. The Labute approximate surface area is 135 Å². The molecule has 0 radical (unpaired) electrons. The summed E-state index contributed by atoms with van der Waals surface area (Å²) >= 11 is 3.58. The first-order valence-corrected chi connectivity index (χ1v) is 8.77. The molecule has 3 rings (SSSR count). The van der Waals surface area contributed by atoms with E-state index in [1.165, 1.54) is 48.8 Å². The highest BCUT2D eigenvalue weighted by Gasteiger charge is 2.18. The second-order valence-corrected chi connectivity index (χ2v) is 6.95. The summed E-state index contributed by atoms with van der Waals surface area (Å²) in [5, 5.41) is 4.95. The average molecular weight is 350 g/mol. The van der Waals surface area contributed by atoms with Gasteiger partial charge in [-0.2, -0.15) is 0 Å². The molecule has 21 heavy (non-hydrogen) atoms. The fraction of sp³-hybridized carbons (Fsp3) is 0.529. The Kier molecular flexibility index (Phi) is 4.99. The third kappa shape index (κ3) is 3.68. The van der Waals surface area contributed by atoms with E-state index in [2.05, 4.69) is 62.5 Å². The lowest BCUT2D eigenvalue weighted by molar-refractivity contribution is 0.242. The van der Waals surface area contributed by atoms with Crippen molar-refractivity contribution in [2.24, 2.45) is 0 Å². The van der Waals surface area contributed by atoms with Crippen LogP contribution in [0.1, 0.15) is 31.7 Å². The molecule has 0 amide bonds. The van der Waals surface area contributed by atoms with Crippen LogP contribution in [0, 0.1) is 0 Å². The predicted molar refractivity (Wildman–Crippen MR) is 92.6 cm³/mol. The molecule has 1 saturated heterocycles. The van der Waals surface area contributed by atoms with E-state index in [-0.39, 0.29) is 0 Å². The van der Waals surface area contributed by atoms with E-state index in [4.69, 9.17) is 0 Å². The van der Waals surface area contributed by atoms with Crippen LogP contribution in [0.3, 0.4) is 0 Å². The first-order valence-electron chi connectivity index (χ1n) is 7.97. The van der Waals surface area contributed by atoms with Crippen molar-refractivity contribution in [2.75, 3.05) is 19.6 Å². The second-order valence-electron chi connectivity index (χ2n) is 6.03. The predicted octanol–water partition coefficient (Wildman–Crippen LogP) is 3.89. The van der Waals surface area contributed by atoms with Crippen molar-refractivity contribution in [2.45, 2.75) is 38.8 Å². The van der Waals surface area contributed by atoms with Crippen LogP contribution in [0.2, 0.25) is 0 Å². The molecule has 3 nitrogen and oxygen atoms in total. The molecule has 1 aromatic heterocycles. The number of aromatic amines is 1. The molecule has 2 heterocycles. The lowest BCUT2D eigenvalue weighted by Crippen LogP contribution is -2.37. The molecule has 114 valence electrons. The number of aromatic nitrogens is 1. The van der Waals surface area contributed by atoms with Crippen molar-refractivity contribution in [3.8, 4) is 0 Å². The smallest absolute Gasteiger partial charge is 0.0458 e. The highest BCUT2D eigenvalue weighted by Crippen LogP contribution is 2.24. The SMILES string of the molecule is CCCN(Cc1c[nH]c2ccc(Br)cc12)CC1CCCN1. The number of rotatable bonds is 6. The van der Waals surface area contributed by atoms with E-state index in [9.17, 15) is 0 Å². The molecule has 1 unspecified atom stereocenters. The summed E-state index contributed by atoms with van der Waals surface area (Å²) in [5.74, 6) is 0. The molecule has 0 aliphatic carbocycles. The van der Waals surface area contributed by atoms with Gasteiger partial charge in [0, 0.05) is 40.7 Å². The summed E-state index contributed by atoms with van der Waals surface area (Å²) in [6.45, 7) is 6.81. The van der Waals surface area contributed by atoms with Crippen LogP contribution in [-0.4, -0.2) is 35.6 Å². The zero-order chi connectivity index (χ0) is 14.7. The highest BCUT2D eigenvalue weighted by atomic mass is 79.9. The summed E-state index contributed by atoms with van der Waals surface area (Å²) in [7, 11) is 0. The van der Waals surface area contributed by atoms with Crippen molar-refractivity contribution >= 4 is 26.8 Å². The molecule has 1 aromatic carbocycles. The molecule has 1 aliphatic rings. The van der Waals surface area contributed by atoms with Crippen molar-refractivity contribution in [1.29, 1.82) is 0 Å². The Morgan fingerprint density at radius 3 is 3.05 bits per heavy atom. The zero-order valence-corrected chi connectivity index (χ0v) is 14.2. The summed E-state index contributed by atoms with van der Waals surface area (Å²) in [4.78, 5) is 5.98. The van der Waals surface area contributed by atoms with Gasteiger partial charge in [-0.25, -0.2) is 0 Å². The topological polar surface area (TPSA) is 31.1 Å². The molecule has 1 aliphatic heterocycles. The Morgan fingerprint density at radius 2 is 2.29 bits per heavy atom. The van der Waals surface area contributed by atoms with Gasteiger partial charge in [0.1, 0.15) is 0 Å². The first kappa shape index (κ1) is 15.1. The first-order chi connectivity index (χ1) is 10.3. The number of hydrogen-bond acceptors (Lipinski definition) is 2. The van der Waals surface area contributed by atoms with Crippen molar-refractivity contribution in [3.05, 3.63) is 34.4 Å². The van der Waals surface area contributed by atoms with Crippen LogP contribution >= 0.6 is 15.9 Å². The fourth-order valence-electron chi connectivity index (χ4n) is 3.30. The molecule has 2 aromatic rings. The summed E-state index contributed by atoms with van der Waals surface area (Å²) in [5.41, 5.74) is 2.63. The standard InChI is InChI=1S/C17H24BrN3/c1-2-8-21(12-15-4-3-7-19-15)11-13-10-20-17-6-5-14(18)9-16(13)17/h5-6,9-10,15,19-20H,2-4,7-8,11-12H2,1H3. The molecule has 1 fully saturated rings. The van der Waals surface area contributed by atoms with Gasteiger partial charge < -0.3 is 10.3 Å². The third-order valence-electron chi connectivity index (χ3n) is 4.30. The number of benzene rings is 1. The third-order valence-corrected chi connectivity index (χ3v) is 4.80. The number of halogens is 1. The van der Waals surface area contributed by atoms with Crippen LogP contribution in [-0.2, 0) is 6.54 Å². The Morgan fingerprint density at radius 1 is 1.38 bits per heavy atom. The normalized spacial score (nSPS) is 18.9. The fourth-order valence-corrected chi connectivity index (χ4v) is 3.66. The van der Waals surface area contributed by atoms with Crippen molar-refractivity contribution in [1.82, 2.24) is 15.2 Å². The lowest BCUT2D eigenvalue weighted by atomic mass is 10.1. The zero-order valence-electron chi connectivity index (χ0n) is 12.7. The maximum Gasteiger partial charge on any atom is 0.0458 e. The van der Waals surface area contributed by atoms with Gasteiger partial charge in [-0.3, -0.25) is 4.90 Å². The minimum Gasteiger partial charge on any atom is -0.361 e. The van der Waals surface area contributed by atoms with Crippen LogP contribution in [0.25, 0.3) is 10.9 Å². The number of nitrogens with one attached hydrogen (secondary N) is 2. The van der Waals surface area contributed by atoms with E-state index in [1.807, 2.05) is 0 Å². The molecular weight excluding hydrogens is 326 g/mol. The summed E-state index contributed by atoms with van der Waals surface area (Å²) in [6.07, 6.45) is 6.02. The van der Waals surface area contributed by atoms with Gasteiger partial charge in [-0.1, -0.05) is 22.9 Å². The molecule has 1 atom stereocenters. The monoisotopic (exact) mass is 349 g/mol. The molecule has 2 N–H and O–H groups in total. The molecule has 4 heteroatoms. The largest absolute Gasteiger partial charge is 0.361 e. The van der Waals surface area contributed by atoms with E-state index in [0.717, 1.165) is 17.6 Å². The Hall–Kier alpha value is -0.840. The number of hydrogen-bond donors (Lipinski definition) is 2. The van der Waals surface area contributed by atoms with Gasteiger partial charge >= 0.3 is 0 Å². The minimum absolute atomic E-state index is 0.675. The molecule has 0 spiro atoms. The van der Waals surface area contributed by atoms with Gasteiger partial charge in [-0.05, 0) is 56.1 Å².